The monoisotopic (exact) mass is 574 g/mol. The number of benzene rings is 2. The average Bonchev–Trinajstić information content (AvgIpc) is 3.34. The van der Waals surface area contributed by atoms with Crippen LogP contribution in [0.3, 0.4) is 0 Å². The molecule has 0 bridgehead atoms. The van der Waals surface area contributed by atoms with Crippen molar-refractivity contribution in [2.24, 2.45) is 0 Å². The normalized spacial score (nSPS) is 13.1. The highest BCUT2D eigenvalue weighted by atomic mass is 32.1. The Morgan fingerprint density at radius 2 is 1.59 bits per heavy atom. The molecular weight excluding hydrogens is 544 g/mol. The third-order valence-electron chi connectivity index (χ3n) is 7.17. The average molecular weight is 575 g/mol. The molecule has 3 heterocycles. The molecule has 11 nitrogen and oxygen atoms in total. The summed E-state index contributed by atoms with van der Waals surface area (Å²) in [6, 6.07) is 13.4. The zero-order valence-corrected chi connectivity index (χ0v) is 24.0. The number of aromatic nitrogens is 1. The number of rotatable bonds is 7. The second kappa shape index (κ2) is 11.3. The number of anilines is 3. The molecule has 41 heavy (non-hydrogen) atoms. The van der Waals surface area contributed by atoms with Crippen LogP contribution in [0.25, 0.3) is 21.3 Å². The number of methoxy groups -OCH3 is 4. The molecule has 12 heteroatoms. The van der Waals surface area contributed by atoms with E-state index in [1.54, 1.807) is 24.1 Å². The van der Waals surface area contributed by atoms with E-state index in [1.165, 1.54) is 32.7 Å². The minimum atomic E-state index is -0.187. The van der Waals surface area contributed by atoms with Gasteiger partial charge in [0.15, 0.2) is 11.5 Å². The van der Waals surface area contributed by atoms with E-state index in [-0.39, 0.29) is 23.0 Å². The molecule has 0 saturated carbocycles. The minimum Gasteiger partial charge on any atom is -0.497 e. The van der Waals surface area contributed by atoms with Crippen LogP contribution in [-0.2, 0) is 0 Å². The van der Waals surface area contributed by atoms with Crippen LogP contribution in [0.15, 0.2) is 36.4 Å². The fourth-order valence-electron chi connectivity index (χ4n) is 5.06. The number of piperazine rings is 1. The van der Waals surface area contributed by atoms with Crippen molar-refractivity contribution in [3.05, 3.63) is 46.8 Å². The number of nitrogen functional groups attached to an aromatic ring is 2. The number of nitrogens with zero attached hydrogens (tertiary/aromatic N) is 4. The van der Waals surface area contributed by atoms with E-state index < -0.39 is 0 Å². The molecule has 1 aliphatic rings. The lowest BCUT2D eigenvalue weighted by molar-refractivity contribution is 0.0752. The van der Waals surface area contributed by atoms with Crippen molar-refractivity contribution >= 4 is 44.7 Å². The van der Waals surface area contributed by atoms with E-state index in [1.807, 2.05) is 24.3 Å². The van der Waals surface area contributed by atoms with Gasteiger partial charge in [0.25, 0.3) is 5.91 Å². The first-order valence-corrected chi connectivity index (χ1v) is 13.6. The molecule has 4 N–H and O–H groups in total. The molecule has 4 aromatic rings. The first-order valence-electron chi connectivity index (χ1n) is 12.7. The van der Waals surface area contributed by atoms with E-state index >= 15 is 0 Å². The molecule has 212 valence electrons. The topological polar surface area (TPSA) is 149 Å². The molecule has 1 saturated heterocycles. The maximum absolute atomic E-state index is 13.7. The summed E-state index contributed by atoms with van der Waals surface area (Å²) in [7, 11) is 6.16. The van der Waals surface area contributed by atoms with Crippen LogP contribution in [0.4, 0.5) is 17.2 Å². The van der Waals surface area contributed by atoms with Crippen molar-refractivity contribution in [2.75, 3.05) is 71.0 Å². The highest BCUT2D eigenvalue weighted by molar-refractivity contribution is 7.21. The second-order valence-electron chi connectivity index (χ2n) is 9.28. The smallest absolute Gasteiger partial charge is 0.266 e. The highest BCUT2D eigenvalue weighted by Crippen LogP contribution is 2.47. The third kappa shape index (κ3) is 4.85. The number of fused-ring (bicyclic) bond motifs is 1. The highest BCUT2D eigenvalue weighted by Gasteiger charge is 2.29. The molecule has 0 radical (unpaired) electrons. The quantitative estimate of drug-likeness (QED) is 0.332. The summed E-state index contributed by atoms with van der Waals surface area (Å²) in [5, 5.41) is 10.5. The van der Waals surface area contributed by atoms with Gasteiger partial charge in [0.05, 0.1) is 34.1 Å². The number of pyridine rings is 1. The van der Waals surface area contributed by atoms with Gasteiger partial charge in [0.2, 0.25) is 5.75 Å². The summed E-state index contributed by atoms with van der Waals surface area (Å²) < 4.78 is 21.8. The summed E-state index contributed by atoms with van der Waals surface area (Å²) >= 11 is 1.17. The summed E-state index contributed by atoms with van der Waals surface area (Å²) in [5.74, 6) is 1.84. The van der Waals surface area contributed by atoms with Crippen molar-refractivity contribution in [1.82, 2.24) is 9.88 Å². The Morgan fingerprint density at radius 3 is 2.12 bits per heavy atom. The first-order chi connectivity index (χ1) is 19.8. The molecule has 1 fully saturated rings. The number of nitrogens with two attached hydrogens (primary N) is 2. The number of hydrogen-bond donors (Lipinski definition) is 2. The molecular formula is C29H30N6O5S. The van der Waals surface area contributed by atoms with Crippen LogP contribution in [0.1, 0.15) is 15.2 Å². The van der Waals surface area contributed by atoms with Crippen LogP contribution >= 0.6 is 11.3 Å². The number of carbonyl (C=O) groups is 1. The van der Waals surface area contributed by atoms with E-state index in [4.69, 9.17) is 30.4 Å². The standard InChI is InChI=1S/C29H30N6O5S/c1-37-18-7-5-17(6-8-18)34-9-11-35(12-10-34)29(36)26-24(31)23-22(19(15-30)27(32)33-28(23)41-26)16-13-20(38-2)25(40-4)21(14-16)39-3/h5-8,13-14H,9-12,31H2,1-4H3,(H2,32,33). The number of carbonyl (C=O) groups excluding carboxylic acids is 1. The molecule has 0 aliphatic carbocycles. The van der Waals surface area contributed by atoms with E-state index in [9.17, 15) is 10.1 Å². The van der Waals surface area contributed by atoms with Gasteiger partial charge in [0.1, 0.15) is 32.9 Å². The lowest BCUT2D eigenvalue weighted by atomic mass is 9.96. The molecule has 2 aromatic heterocycles. The maximum Gasteiger partial charge on any atom is 0.266 e. The SMILES string of the molecule is COc1ccc(N2CCN(C(=O)c3sc4nc(N)c(C#N)c(-c5cc(OC)c(OC)c(OC)c5)c4c3N)CC2)cc1. The zero-order chi connectivity index (χ0) is 29.3. The molecule has 2 aromatic carbocycles. The number of amides is 1. The van der Waals surface area contributed by atoms with Crippen LogP contribution in [0.2, 0.25) is 0 Å². The summed E-state index contributed by atoms with van der Waals surface area (Å²) in [6.07, 6.45) is 0. The molecule has 1 amide bonds. The van der Waals surface area contributed by atoms with Crippen LogP contribution in [-0.4, -0.2) is 70.4 Å². The molecule has 1 aliphatic heterocycles. The minimum absolute atomic E-state index is 0.0390. The Balaban J connectivity index is 1.52. The second-order valence-corrected chi connectivity index (χ2v) is 10.3. The first kappa shape index (κ1) is 27.7. The predicted molar refractivity (Wildman–Crippen MR) is 159 cm³/mol. The third-order valence-corrected chi connectivity index (χ3v) is 8.26. The Kier molecular flexibility index (Phi) is 7.63. The number of hydrogen-bond acceptors (Lipinski definition) is 11. The fraction of sp³-hybridized carbons (Fsp3) is 0.276. The number of nitriles is 1. The van der Waals surface area contributed by atoms with E-state index in [0.29, 0.717) is 69.6 Å². The van der Waals surface area contributed by atoms with Crippen molar-refractivity contribution in [2.45, 2.75) is 0 Å². The summed E-state index contributed by atoms with van der Waals surface area (Å²) in [5.41, 5.74) is 15.4. The molecule has 0 spiro atoms. The molecule has 0 atom stereocenters. The van der Waals surface area contributed by atoms with Gasteiger partial charge in [-0.15, -0.1) is 11.3 Å². The zero-order valence-electron chi connectivity index (χ0n) is 23.2. The fourth-order valence-corrected chi connectivity index (χ4v) is 6.14. The van der Waals surface area contributed by atoms with Crippen molar-refractivity contribution in [3.8, 4) is 40.2 Å². The van der Waals surface area contributed by atoms with Crippen LogP contribution < -0.4 is 35.3 Å². The van der Waals surface area contributed by atoms with Crippen molar-refractivity contribution in [1.29, 1.82) is 5.26 Å². The number of thiophene rings is 1. The van der Waals surface area contributed by atoms with Gasteiger partial charge < -0.3 is 40.2 Å². The van der Waals surface area contributed by atoms with Crippen molar-refractivity contribution in [3.63, 3.8) is 0 Å². The van der Waals surface area contributed by atoms with Gasteiger partial charge >= 0.3 is 0 Å². The Labute approximate surface area is 241 Å². The van der Waals surface area contributed by atoms with E-state index in [2.05, 4.69) is 16.0 Å². The van der Waals surface area contributed by atoms with Gasteiger partial charge in [-0.05, 0) is 42.0 Å². The Morgan fingerprint density at radius 1 is 0.951 bits per heavy atom. The van der Waals surface area contributed by atoms with Gasteiger partial charge in [-0.2, -0.15) is 5.26 Å². The van der Waals surface area contributed by atoms with Crippen LogP contribution in [0.5, 0.6) is 23.0 Å². The lowest BCUT2D eigenvalue weighted by Gasteiger charge is -2.36. The maximum atomic E-state index is 13.7. The van der Waals surface area contributed by atoms with Crippen LogP contribution in [0, 0.1) is 11.3 Å². The van der Waals surface area contributed by atoms with Gasteiger partial charge in [-0.25, -0.2) is 4.98 Å². The van der Waals surface area contributed by atoms with Crippen molar-refractivity contribution < 1.29 is 23.7 Å². The largest absolute Gasteiger partial charge is 0.497 e. The predicted octanol–water partition coefficient (Wildman–Crippen LogP) is 4.00. The molecule has 0 unspecified atom stereocenters. The summed E-state index contributed by atoms with van der Waals surface area (Å²) in [6.45, 7) is 2.39. The van der Waals surface area contributed by atoms with Gasteiger partial charge in [-0.1, -0.05) is 0 Å². The van der Waals surface area contributed by atoms with Gasteiger partial charge in [0, 0.05) is 42.8 Å². The van der Waals surface area contributed by atoms with E-state index in [0.717, 1.165) is 11.4 Å². The molecule has 5 rings (SSSR count). The number of ether oxygens (including phenoxy) is 4. The lowest BCUT2D eigenvalue weighted by Crippen LogP contribution is -2.48. The Hall–Kier alpha value is -4.89. The van der Waals surface area contributed by atoms with Gasteiger partial charge in [-0.3, -0.25) is 4.79 Å². The summed E-state index contributed by atoms with van der Waals surface area (Å²) in [4.78, 5) is 23.0. The Bertz CT molecular complexity index is 1630.